The number of rotatable bonds is 4. The van der Waals surface area contributed by atoms with Gasteiger partial charge in [0.25, 0.3) is 0 Å². The minimum atomic E-state index is 0.0368. The Labute approximate surface area is 124 Å². The van der Waals surface area contributed by atoms with Crippen molar-refractivity contribution in [3.05, 3.63) is 28.2 Å². The van der Waals surface area contributed by atoms with E-state index in [-0.39, 0.29) is 5.91 Å². The number of benzene rings is 1. The third-order valence-corrected chi connectivity index (χ3v) is 4.26. The highest BCUT2D eigenvalue weighted by atomic mass is 35.5. The SMILES string of the molecule is O=C(CCC1CCCCC1)Nc1ccc(Cl)cc1Cl. The normalized spacial score (nSPS) is 16.3. The van der Waals surface area contributed by atoms with Crippen molar-refractivity contribution in [1.82, 2.24) is 0 Å². The highest BCUT2D eigenvalue weighted by Gasteiger charge is 2.15. The van der Waals surface area contributed by atoms with Crippen LogP contribution in [0, 0.1) is 5.92 Å². The van der Waals surface area contributed by atoms with Crippen LogP contribution in [0.15, 0.2) is 18.2 Å². The summed E-state index contributed by atoms with van der Waals surface area (Å²) in [7, 11) is 0. The molecule has 1 N–H and O–H groups in total. The minimum absolute atomic E-state index is 0.0368. The molecule has 4 heteroatoms. The van der Waals surface area contributed by atoms with E-state index in [1.54, 1.807) is 18.2 Å². The average Bonchev–Trinajstić information content (AvgIpc) is 2.41. The van der Waals surface area contributed by atoms with Crippen molar-refractivity contribution in [3.8, 4) is 0 Å². The lowest BCUT2D eigenvalue weighted by Gasteiger charge is -2.21. The molecule has 1 saturated carbocycles. The van der Waals surface area contributed by atoms with Gasteiger partial charge >= 0.3 is 0 Å². The van der Waals surface area contributed by atoms with Crippen LogP contribution in [0.3, 0.4) is 0 Å². The Morgan fingerprint density at radius 2 is 1.95 bits per heavy atom. The first kappa shape index (κ1) is 14.7. The molecule has 0 aromatic heterocycles. The fourth-order valence-corrected chi connectivity index (χ4v) is 3.07. The lowest BCUT2D eigenvalue weighted by molar-refractivity contribution is -0.116. The molecule has 1 fully saturated rings. The maximum Gasteiger partial charge on any atom is 0.224 e. The van der Waals surface area contributed by atoms with Gasteiger partial charge in [0.15, 0.2) is 0 Å². The Bertz CT molecular complexity index is 442. The standard InChI is InChI=1S/C15H19Cl2NO/c16-12-7-8-14(13(17)10-12)18-15(19)9-6-11-4-2-1-3-5-11/h7-8,10-11H,1-6,9H2,(H,18,19). The van der Waals surface area contributed by atoms with Crippen molar-refractivity contribution in [2.24, 2.45) is 5.92 Å². The molecule has 1 aromatic rings. The van der Waals surface area contributed by atoms with Crippen molar-refractivity contribution in [1.29, 1.82) is 0 Å². The van der Waals surface area contributed by atoms with E-state index in [2.05, 4.69) is 5.32 Å². The first-order chi connectivity index (χ1) is 9.15. The molecule has 1 aliphatic carbocycles. The first-order valence-electron chi connectivity index (χ1n) is 6.90. The molecule has 2 nitrogen and oxygen atoms in total. The molecule has 1 aliphatic rings. The third kappa shape index (κ3) is 4.70. The Morgan fingerprint density at radius 3 is 2.63 bits per heavy atom. The largest absolute Gasteiger partial charge is 0.325 e. The molecule has 0 heterocycles. The summed E-state index contributed by atoms with van der Waals surface area (Å²) < 4.78 is 0. The maximum atomic E-state index is 11.9. The van der Waals surface area contributed by atoms with E-state index in [4.69, 9.17) is 23.2 Å². The second kappa shape index (κ2) is 7.16. The number of nitrogens with one attached hydrogen (secondary N) is 1. The van der Waals surface area contributed by atoms with Crippen LogP contribution < -0.4 is 5.32 Å². The molecular formula is C15H19Cl2NO. The van der Waals surface area contributed by atoms with E-state index in [0.717, 1.165) is 12.3 Å². The van der Waals surface area contributed by atoms with E-state index < -0.39 is 0 Å². The molecular weight excluding hydrogens is 281 g/mol. The molecule has 0 spiro atoms. The Hall–Kier alpha value is -0.730. The van der Waals surface area contributed by atoms with Crippen LogP contribution in [0.5, 0.6) is 0 Å². The van der Waals surface area contributed by atoms with Crippen LogP contribution in [0.25, 0.3) is 0 Å². The van der Waals surface area contributed by atoms with Gasteiger partial charge in [0, 0.05) is 11.4 Å². The van der Waals surface area contributed by atoms with Crippen molar-refractivity contribution < 1.29 is 4.79 Å². The van der Waals surface area contributed by atoms with Crippen LogP contribution in [-0.4, -0.2) is 5.91 Å². The number of carbonyl (C=O) groups excluding carboxylic acids is 1. The van der Waals surface area contributed by atoms with Crippen molar-refractivity contribution in [3.63, 3.8) is 0 Å². The smallest absolute Gasteiger partial charge is 0.224 e. The van der Waals surface area contributed by atoms with Gasteiger partial charge in [0.1, 0.15) is 0 Å². The molecule has 1 amide bonds. The summed E-state index contributed by atoms with van der Waals surface area (Å²) in [5, 5.41) is 3.91. The van der Waals surface area contributed by atoms with Gasteiger partial charge in [-0.25, -0.2) is 0 Å². The van der Waals surface area contributed by atoms with Crippen molar-refractivity contribution in [2.45, 2.75) is 44.9 Å². The minimum Gasteiger partial charge on any atom is -0.325 e. The number of carbonyl (C=O) groups is 1. The van der Waals surface area contributed by atoms with Crippen molar-refractivity contribution >= 4 is 34.8 Å². The van der Waals surface area contributed by atoms with Gasteiger partial charge in [-0.05, 0) is 30.5 Å². The Kier molecular flexibility index (Phi) is 5.53. The van der Waals surface area contributed by atoms with Gasteiger partial charge < -0.3 is 5.32 Å². The van der Waals surface area contributed by atoms with Gasteiger partial charge in [-0.15, -0.1) is 0 Å². The number of hydrogen-bond acceptors (Lipinski definition) is 1. The Morgan fingerprint density at radius 1 is 1.21 bits per heavy atom. The predicted octanol–water partition coefficient (Wildman–Crippen LogP) is 5.29. The first-order valence-corrected chi connectivity index (χ1v) is 7.65. The zero-order valence-electron chi connectivity index (χ0n) is 10.9. The van der Waals surface area contributed by atoms with Gasteiger partial charge in [0.05, 0.1) is 10.7 Å². The zero-order valence-corrected chi connectivity index (χ0v) is 12.4. The topological polar surface area (TPSA) is 29.1 Å². The molecule has 0 aliphatic heterocycles. The number of amides is 1. The van der Waals surface area contributed by atoms with E-state index in [1.807, 2.05) is 0 Å². The fourth-order valence-electron chi connectivity index (χ4n) is 2.61. The Balaban J connectivity index is 1.80. The summed E-state index contributed by atoms with van der Waals surface area (Å²) in [6.45, 7) is 0. The highest BCUT2D eigenvalue weighted by Crippen LogP contribution is 2.28. The highest BCUT2D eigenvalue weighted by molar-refractivity contribution is 6.36. The summed E-state index contributed by atoms with van der Waals surface area (Å²) in [6.07, 6.45) is 8.08. The summed E-state index contributed by atoms with van der Waals surface area (Å²) in [5.74, 6) is 0.759. The third-order valence-electron chi connectivity index (χ3n) is 3.71. The van der Waals surface area contributed by atoms with Crippen molar-refractivity contribution in [2.75, 3.05) is 5.32 Å². The number of anilines is 1. The molecule has 0 radical (unpaired) electrons. The quantitative estimate of drug-likeness (QED) is 0.804. The summed E-state index contributed by atoms with van der Waals surface area (Å²) >= 11 is 11.8. The van der Waals surface area contributed by atoms with Gasteiger partial charge in [0.2, 0.25) is 5.91 Å². The lowest BCUT2D eigenvalue weighted by atomic mass is 9.86. The molecule has 0 unspecified atom stereocenters. The van der Waals surface area contributed by atoms with Crippen LogP contribution in [0.2, 0.25) is 10.0 Å². The number of halogens is 2. The second-order valence-corrected chi connectivity index (χ2v) is 6.06. The van der Waals surface area contributed by atoms with E-state index in [0.29, 0.717) is 22.2 Å². The molecule has 0 saturated heterocycles. The van der Waals surface area contributed by atoms with Crippen LogP contribution in [-0.2, 0) is 4.79 Å². The summed E-state index contributed by atoms with van der Waals surface area (Å²) in [4.78, 5) is 11.9. The average molecular weight is 300 g/mol. The monoisotopic (exact) mass is 299 g/mol. The molecule has 1 aromatic carbocycles. The summed E-state index contributed by atoms with van der Waals surface area (Å²) in [6, 6.07) is 5.10. The molecule has 19 heavy (non-hydrogen) atoms. The maximum absolute atomic E-state index is 11.9. The van der Waals surface area contributed by atoms with Gasteiger partial charge in [-0.3, -0.25) is 4.79 Å². The fraction of sp³-hybridized carbons (Fsp3) is 0.533. The molecule has 0 atom stereocenters. The number of hydrogen-bond donors (Lipinski definition) is 1. The summed E-state index contributed by atoms with van der Waals surface area (Å²) in [5.41, 5.74) is 0.639. The van der Waals surface area contributed by atoms with E-state index >= 15 is 0 Å². The molecule has 2 rings (SSSR count). The van der Waals surface area contributed by atoms with E-state index in [1.165, 1.54) is 32.1 Å². The predicted molar refractivity (Wildman–Crippen MR) is 80.9 cm³/mol. The van der Waals surface area contributed by atoms with Gasteiger partial charge in [-0.1, -0.05) is 55.3 Å². The zero-order chi connectivity index (χ0) is 13.7. The molecule has 104 valence electrons. The van der Waals surface area contributed by atoms with Crippen LogP contribution in [0.1, 0.15) is 44.9 Å². The van der Waals surface area contributed by atoms with Gasteiger partial charge in [-0.2, -0.15) is 0 Å². The van der Waals surface area contributed by atoms with E-state index in [9.17, 15) is 4.79 Å². The second-order valence-electron chi connectivity index (χ2n) is 5.22. The lowest BCUT2D eigenvalue weighted by Crippen LogP contribution is -2.15. The van der Waals surface area contributed by atoms with Crippen LogP contribution >= 0.6 is 23.2 Å². The molecule has 0 bridgehead atoms. The van der Waals surface area contributed by atoms with Crippen LogP contribution in [0.4, 0.5) is 5.69 Å².